The van der Waals surface area contributed by atoms with Crippen molar-refractivity contribution in [2.24, 2.45) is 11.7 Å². The van der Waals surface area contributed by atoms with Gasteiger partial charge in [-0.25, -0.2) is 17.9 Å². The Balaban J connectivity index is 1.47. The molecule has 4 heterocycles. The fourth-order valence-corrected chi connectivity index (χ4v) is 6.06. The van der Waals surface area contributed by atoms with Gasteiger partial charge in [-0.1, -0.05) is 11.6 Å². The van der Waals surface area contributed by atoms with Crippen molar-refractivity contribution < 1.29 is 13.2 Å². The number of likely N-dealkylation sites (tertiary alicyclic amines) is 1. The number of hydrogen-bond donors (Lipinski definition) is 2. The molecule has 0 spiro atoms. The highest BCUT2D eigenvalue weighted by molar-refractivity contribution is 7.92. The zero-order valence-electron chi connectivity index (χ0n) is 21.6. The minimum absolute atomic E-state index is 0.202. The summed E-state index contributed by atoms with van der Waals surface area (Å²) in [6, 6.07) is 6.94. The number of anilines is 2. The summed E-state index contributed by atoms with van der Waals surface area (Å²) in [5.74, 6) is 1.25. The predicted molar refractivity (Wildman–Crippen MR) is 144 cm³/mol. The number of nitrogens with zero attached hydrogens (tertiary/aromatic N) is 5. The molecule has 37 heavy (non-hydrogen) atoms. The lowest BCUT2D eigenvalue weighted by atomic mass is 9.97. The normalized spacial score (nSPS) is 20.5. The number of nitrogens with two attached hydrogens (primary N) is 1. The molecule has 11 heteroatoms. The number of fused-ring (bicyclic) bond motifs is 1. The lowest BCUT2D eigenvalue weighted by Crippen LogP contribution is -2.39. The smallest absolute Gasteiger partial charge is 0.256 e. The van der Waals surface area contributed by atoms with Gasteiger partial charge in [0.2, 0.25) is 10.0 Å². The van der Waals surface area contributed by atoms with E-state index in [1.165, 1.54) is 0 Å². The molecule has 0 bridgehead atoms. The molecule has 0 saturated carbocycles. The van der Waals surface area contributed by atoms with Crippen LogP contribution in [-0.4, -0.2) is 66.3 Å². The quantitative estimate of drug-likeness (QED) is 0.507. The number of carbonyl (C=O) groups is 1. The van der Waals surface area contributed by atoms with Crippen LogP contribution in [0.3, 0.4) is 0 Å². The summed E-state index contributed by atoms with van der Waals surface area (Å²) in [5, 5.41) is 4.83. The summed E-state index contributed by atoms with van der Waals surface area (Å²) in [5.41, 5.74) is 10.0. The van der Waals surface area contributed by atoms with Crippen molar-refractivity contribution in [1.82, 2.24) is 19.5 Å². The monoisotopic (exact) mass is 525 g/mol. The van der Waals surface area contributed by atoms with Crippen LogP contribution in [0.4, 0.5) is 11.5 Å². The molecular formula is C26H35N7O3S. The molecule has 198 valence electrons. The standard InChI is InChI=1S/C26H35N7O3S/c1-17-7-8-21(30-37(3,35)36)20(12-17)26(34)32-10-5-4-6-23(32)22-13-24-28-25(18(2)15-33(24)29-22)31-11-9-19(14-27)16-31/h7-8,12-13,15,19,23,30H,4-6,9-11,14,16,27H2,1-3H3. The highest BCUT2D eigenvalue weighted by atomic mass is 32.2. The van der Waals surface area contributed by atoms with Gasteiger partial charge in [0.1, 0.15) is 5.82 Å². The van der Waals surface area contributed by atoms with Crippen LogP contribution in [0, 0.1) is 19.8 Å². The van der Waals surface area contributed by atoms with Crippen molar-refractivity contribution in [3.63, 3.8) is 0 Å². The Kier molecular flexibility index (Phi) is 6.84. The SMILES string of the molecule is Cc1ccc(NS(C)(=O)=O)c(C(=O)N2CCCCC2c2cc3nc(N4CCC(CN)C4)c(C)cn3n2)c1. The van der Waals surface area contributed by atoms with Crippen LogP contribution in [0.1, 0.15) is 58.9 Å². The number of nitrogens with one attached hydrogen (secondary N) is 1. The molecule has 3 N–H and O–H groups in total. The van der Waals surface area contributed by atoms with Crippen LogP contribution in [0.15, 0.2) is 30.5 Å². The van der Waals surface area contributed by atoms with Crippen molar-refractivity contribution in [1.29, 1.82) is 0 Å². The number of benzene rings is 1. The van der Waals surface area contributed by atoms with Crippen LogP contribution < -0.4 is 15.4 Å². The van der Waals surface area contributed by atoms with E-state index < -0.39 is 10.0 Å². The molecule has 2 aliphatic rings. The van der Waals surface area contributed by atoms with E-state index in [9.17, 15) is 13.2 Å². The third-order valence-corrected chi connectivity index (χ3v) is 7.94. The van der Waals surface area contributed by atoms with Crippen molar-refractivity contribution in [3.8, 4) is 0 Å². The molecule has 2 aromatic heterocycles. The Labute approximate surface area is 217 Å². The topological polar surface area (TPSA) is 126 Å². The van der Waals surface area contributed by atoms with Gasteiger partial charge in [0, 0.05) is 37.5 Å². The average Bonchev–Trinajstić information content (AvgIpc) is 3.50. The summed E-state index contributed by atoms with van der Waals surface area (Å²) >= 11 is 0. The predicted octanol–water partition coefficient (Wildman–Crippen LogP) is 2.87. The maximum Gasteiger partial charge on any atom is 0.256 e. The number of aromatic nitrogens is 3. The van der Waals surface area contributed by atoms with Crippen molar-refractivity contribution in [2.75, 3.05) is 42.1 Å². The Morgan fingerprint density at radius 3 is 2.70 bits per heavy atom. The van der Waals surface area contributed by atoms with Gasteiger partial charge in [-0.15, -0.1) is 0 Å². The molecule has 2 saturated heterocycles. The average molecular weight is 526 g/mol. The van der Waals surface area contributed by atoms with Crippen molar-refractivity contribution in [3.05, 3.63) is 52.8 Å². The van der Waals surface area contributed by atoms with Crippen LogP contribution in [0.2, 0.25) is 0 Å². The second-order valence-corrected chi connectivity index (χ2v) is 12.1. The Morgan fingerprint density at radius 2 is 1.97 bits per heavy atom. The summed E-state index contributed by atoms with van der Waals surface area (Å²) < 4.78 is 28.2. The van der Waals surface area contributed by atoms with Crippen molar-refractivity contribution in [2.45, 2.75) is 45.6 Å². The van der Waals surface area contributed by atoms with Crippen LogP contribution >= 0.6 is 0 Å². The molecule has 10 nitrogen and oxygen atoms in total. The van der Waals surface area contributed by atoms with Gasteiger partial charge in [-0.3, -0.25) is 9.52 Å². The van der Waals surface area contributed by atoms with E-state index in [-0.39, 0.29) is 11.9 Å². The fourth-order valence-electron chi connectivity index (χ4n) is 5.48. The van der Waals surface area contributed by atoms with Gasteiger partial charge >= 0.3 is 0 Å². The van der Waals surface area contributed by atoms with Crippen molar-refractivity contribution >= 4 is 33.1 Å². The molecule has 1 amide bonds. The maximum atomic E-state index is 13.8. The van der Waals surface area contributed by atoms with Gasteiger partial charge in [0.25, 0.3) is 5.91 Å². The highest BCUT2D eigenvalue weighted by Crippen LogP contribution is 2.34. The number of sulfonamides is 1. The van der Waals surface area contributed by atoms with E-state index >= 15 is 0 Å². The largest absolute Gasteiger partial charge is 0.356 e. The van der Waals surface area contributed by atoms with E-state index in [0.717, 1.165) is 73.3 Å². The number of piperidine rings is 1. The third kappa shape index (κ3) is 5.28. The van der Waals surface area contributed by atoms with Crippen LogP contribution in [-0.2, 0) is 10.0 Å². The molecule has 0 aliphatic carbocycles. The summed E-state index contributed by atoms with van der Waals surface area (Å²) in [7, 11) is -3.54. The Bertz CT molecular complexity index is 1440. The molecule has 2 aliphatic heterocycles. The lowest BCUT2D eigenvalue weighted by Gasteiger charge is -2.35. The first-order valence-corrected chi connectivity index (χ1v) is 14.7. The van der Waals surface area contributed by atoms with Gasteiger partial charge in [0.05, 0.1) is 29.2 Å². The number of aryl methyl sites for hydroxylation is 2. The van der Waals surface area contributed by atoms with Gasteiger partial charge < -0.3 is 15.5 Å². The minimum Gasteiger partial charge on any atom is -0.356 e. The second kappa shape index (κ2) is 9.94. The number of rotatable bonds is 6. The number of amides is 1. The highest BCUT2D eigenvalue weighted by Gasteiger charge is 2.32. The fraction of sp³-hybridized carbons (Fsp3) is 0.500. The zero-order chi connectivity index (χ0) is 26.3. The summed E-state index contributed by atoms with van der Waals surface area (Å²) in [6.45, 7) is 7.05. The maximum absolute atomic E-state index is 13.8. The number of carbonyl (C=O) groups excluding carboxylic acids is 1. The number of hydrogen-bond acceptors (Lipinski definition) is 7. The first-order chi connectivity index (χ1) is 17.6. The molecular weight excluding hydrogens is 490 g/mol. The van der Waals surface area contributed by atoms with E-state index in [2.05, 4.69) is 9.62 Å². The molecule has 0 radical (unpaired) electrons. The first kappa shape index (κ1) is 25.5. The summed E-state index contributed by atoms with van der Waals surface area (Å²) in [6.07, 6.45) is 6.81. The van der Waals surface area contributed by atoms with Crippen LogP contribution in [0.25, 0.3) is 5.65 Å². The van der Waals surface area contributed by atoms with Gasteiger partial charge in [0.15, 0.2) is 5.65 Å². The zero-order valence-corrected chi connectivity index (χ0v) is 22.5. The first-order valence-electron chi connectivity index (χ1n) is 12.8. The molecule has 2 atom stereocenters. The molecule has 2 unspecified atom stereocenters. The van der Waals surface area contributed by atoms with Crippen LogP contribution in [0.5, 0.6) is 0 Å². The molecule has 3 aromatic rings. The van der Waals surface area contributed by atoms with Gasteiger partial charge in [-0.2, -0.15) is 5.10 Å². The van der Waals surface area contributed by atoms with E-state index in [1.807, 2.05) is 31.0 Å². The summed E-state index contributed by atoms with van der Waals surface area (Å²) in [4.78, 5) is 22.9. The van der Waals surface area contributed by atoms with E-state index in [0.29, 0.717) is 30.3 Å². The lowest BCUT2D eigenvalue weighted by molar-refractivity contribution is 0.0606. The van der Waals surface area contributed by atoms with E-state index in [4.69, 9.17) is 15.8 Å². The molecule has 2 fully saturated rings. The van der Waals surface area contributed by atoms with Gasteiger partial charge in [-0.05, 0) is 64.1 Å². The minimum atomic E-state index is -3.54. The Hall–Kier alpha value is -3.18. The Morgan fingerprint density at radius 1 is 1.16 bits per heavy atom. The molecule has 5 rings (SSSR count). The molecule has 1 aromatic carbocycles. The second-order valence-electron chi connectivity index (χ2n) is 10.4. The third-order valence-electron chi connectivity index (χ3n) is 7.35. The van der Waals surface area contributed by atoms with E-state index in [1.54, 1.807) is 22.7 Å².